The molecule has 1 atom stereocenters. The number of carbonyl (C=O) groups is 2. The van der Waals surface area contributed by atoms with Crippen LogP contribution in [0.1, 0.15) is 29.1 Å². The Labute approximate surface area is 133 Å². The highest BCUT2D eigenvalue weighted by Gasteiger charge is 2.12. The van der Waals surface area contributed by atoms with Crippen LogP contribution in [0.15, 0.2) is 52.0 Å². The maximum atomic E-state index is 11.9. The average molecular weight is 318 g/mol. The van der Waals surface area contributed by atoms with Crippen LogP contribution in [-0.2, 0) is 4.79 Å². The standard InChI is InChI=1S/C16H18N2O3S/c1-11(12-5-7-13(22-2)8-6-12)18-15(19)10-17-16(20)14-4-3-9-21-14/h3-9,11H,10H2,1-2H3,(H,17,20)(H,18,19). The second-order valence-electron chi connectivity index (χ2n) is 4.72. The SMILES string of the molecule is CSc1ccc(C(C)NC(=O)CNC(=O)c2ccco2)cc1. The van der Waals surface area contributed by atoms with E-state index in [1.807, 2.05) is 37.4 Å². The summed E-state index contributed by atoms with van der Waals surface area (Å²) in [6.45, 7) is 1.81. The Bertz CT molecular complexity index is 623. The second kappa shape index (κ2) is 7.70. The van der Waals surface area contributed by atoms with E-state index >= 15 is 0 Å². The molecule has 1 unspecified atom stereocenters. The number of furan rings is 1. The molecule has 5 nitrogen and oxygen atoms in total. The number of carbonyl (C=O) groups excluding carboxylic acids is 2. The predicted octanol–water partition coefficient (Wildman–Crippen LogP) is 2.61. The van der Waals surface area contributed by atoms with Gasteiger partial charge < -0.3 is 15.1 Å². The van der Waals surface area contributed by atoms with Crippen LogP contribution in [0.25, 0.3) is 0 Å². The molecule has 2 rings (SSSR count). The molecule has 0 radical (unpaired) electrons. The first-order valence-electron chi connectivity index (χ1n) is 6.85. The molecular weight excluding hydrogens is 300 g/mol. The molecule has 0 aliphatic carbocycles. The van der Waals surface area contributed by atoms with Gasteiger partial charge in [-0.1, -0.05) is 12.1 Å². The summed E-state index contributed by atoms with van der Waals surface area (Å²) in [6.07, 6.45) is 3.43. The van der Waals surface area contributed by atoms with Crippen molar-refractivity contribution < 1.29 is 14.0 Å². The van der Waals surface area contributed by atoms with Crippen LogP contribution in [0.2, 0.25) is 0 Å². The van der Waals surface area contributed by atoms with E-state index in [2.05, 4.69) is 10.6 Å². The fourth-order valence-corrected chi connectivity index (χ4v) is 2.33. The zero-order chi connectivity index (χ0) is 15.9. The molecule has 2 aromatic rings. The molecule has 0 bridgehead atoms. The van der Waals surface area contributed by atoms with Gasteiger partial charge in [0.15, 0.2) is 5.76 Å². The summed E-state index contributed by atoms with van der Waals surface area (Å²) in [5, 5.41) is 5.36. The molecule has 1 aromatic heterocycles. The first kappa shape index (κ1) is 16.2. The summed E-state index contributed by atoms with van der Waals surface area (Å²) in [6, 6.07) is 11.0. The van der Waals surface area contributed by atoms with Crippen molar-refractivity contribution in [1.82, 2.24) is 10.6 Å². The molecule has 1 aromatic carbocycles. The Morgan fingerprint density at radius 3 is 2.55 bits per heavy atom. The van der Waals surface area contributed by atoms with E-state index in [0.717, 1.165) is 5.56 Å². The monoisotopic (exact) mass is 318 g/mol. The molecule has 0 saturated carbocycles. The minimum Gasteiger partial charge on any atom is -0.459 e. The number of hydrogen-bond donors (Lipinski definition) is 2. The van der Waals surface area contributed by atoms with E-state index in [1.54, 1.807) is 23.9 Å². The van der Waals surface area contributed by atoms with Crippen LogP contribution in [0, 0.1) is 0 Å². The van der Waals surface area contributed by atoms with Crippen molar-refractivity contribution in [3.8, 4) is 0 Å². The smallest absolute Gasteiger partial charge is 0.287 e. The zero-order valence-corrected chi connectivity index (χ0v) is 13.3. The highest BCUT2D eigenvalue weighted by atomic mass is 32.2. The van der Waals surface area contributed by atoms with Gasteiger partial charge in [0.05, 0.1) is 18.8 Å². The van der Waals surface area contributed by atoms with Gasteiger partial charge in [0, 0.05) is 4.90 Å². The number of thioether (sulfide) groups is 1. The third kappa shape index (κ3) is 4.39. The van der Waals surface area contributed by atoms with Crippen LogP contribution < -0.4 is 10.6 Å². The van der Waals surface area contributed by atoms with E-state index in [1.165, 1.54) is 11.2 Å². The second-order valence-corrected chi connectivity index (χ2v) is 5.60. The topological polar surface area (TPSA) is 71.3 Å². The van der Waals surface area contributed by atoms with Crippen LogP contribution in [0.4, 0.5) is 0 Å². The number of nitrogens with one attached hydrogen (secondary N) is 2. The number of hydrogen-bond acceptors (Lipinski definition) is 4. The van der Waals surface area contributed by atoms with E-state index in [9.17, 15) is 9.59 Å². The Kier molecular flexibility index (Phi) is 5.66. The zero-order valence-electron chi connectivity index (χ0n) is 12.5. The highest BCUT2D eigenvalue weighted by Crippen LogP contribution is 2.18. The normalized spacial score (nSPS) is 11.7. The summed E-state index contributed by atoms with van der Waals surface area (Å²) in [7, 11) is 0. The van der Waals surface area contributed by atoms with Gasteiger partial charge in [-0.3, -0.25) is 9.59 Å². The van der Waals surface area contributed by atoms with Gasteiger partial charge in [-0.25, -0.2) is 0 Å². The van der Waals surface area contributed by atoms with Crippen molar-refractivity contribution >= 4 is 23.6 Å². The van der Waals surface area contributed by atoms with Gasteiger partial charge in [0.25, 0.3) is 5.91 Å². The highest BCUT2D eigenvalue weighted by molar-refractivity contribution is 7.98. The van der Waals surface area contributed by atoms with Crippen molar-refractivity contribution in [3.05, 3.63) is 54.0 Å². The summed E-state index contributed by atoms with van der Waals surface area (Å²) >= 11 is 1.67. The molecule has 116 valence electrons. The Morgan fingerprint density at radius 2 is 1.95 bits per heavy atom. The lowest BCUT2D eigenvalue weighted by Gasteiger charge is -2.15. The van der Waals surface area contributed by atoms with Gasteiger partial charge in [-0.05, 0) is 43.0 Å². The summed E-state index contributed by atoms with van der Waals surface area (Å²) in [5.41, 5.74) is 1.02. The lowest BCUT2D eigenvalue weighted by atomic mass is 10.1. The molecule has 1 heterocycles. The largest absolute Gasteiger partial charge is 0.459 e. The average Bonchev–Trinajstić information content (AvgIpc) is 3.07. The third-order valence-corrected chi connectivity index (χ3v) is 3.89. The molecule has 0 saturated heterocycles. The molecule has 2 amide bonds. The minimum atomic E-state index is -0.405. The number of rotatable bonds is 6. The van der Waals surface area contributed by atoms with Crippen LogP contribution >= 0.6 is 11.8 Å². The first-order valence-corrected chi connectivity index (χ1v) is 8.07. The predicted molar refractivity (Wildman–Crippen MR) is 85.8 cm³/mol. The molecule has 0 aliphatic heterocycles. The molecule has 22 heavy (non-hydrogen) atoms. The Morgan fingerprint density at radius 1 is 1.23 bits per heavy atom. The van der Waals surface area contributed by atoms with E-state index in [-0.39, 0.29) is 24.3 Å². The number of benzene rings is 1. The van der Waals surface area contributed by atoms with Crippen LogP contribution in [0.5, 0.6) is 0 Å². The van der Waals surface area contributed by atoms with Crippen molar-refractivity contribution in [3.63, 3.8) is 0 Å². The first-order chi connectivity index (χ1) is 10.6. The maximum Gasteiger partial charge on any atom is 0.287 e. The summed E-state index contributed by atoms with van der Waals surface area (Å²) in [5.74, 6) is -0.466. The molecular formula is C16H18N2O3S. The third-order valence-electron chi connectivity index (χ3n) is 3.15. The molecule has 0 aliphatic rings. The van der Waals surface area contributed by atoms with Crippen molar-refractivity contribution in [2.24, 2.45) is 0 Å². The molecule has 0 spiro atoms. The van der Waals surface area contributed by atoms with E-state index in [4.69, 9.17) is 4.42 Å². The summed E-state index contributed by atoms with van der Waals surface area (Å²) in [4.78, 5) is 24.7. The van der Waals surface area contributed by atoms with Gasteiger partial charge >= 0.3 is 0 Å². The van der Waals surface area contributed by atoms with Crippen LogP contribution in [0.3, 0.4) is 0 Å². The lowest BCUT2D eigenvalue weighted by Crippen LogP contribution is -2.37. The molecule has 6 heteroatoms. The van der Waals surface area contributed by atoms with Crippen molar-refractivity contribution in [1.29, 1.82) is 0 Å². The lowest BCUT2D eigenvalue weighted by molar-refractivity contribution is -0.120. The van der Waals surface area contributed by atoms with E-state index < -0.39 is 5.91 Å². The summed E-state index contributed by atoms with van der Waals surface area (Å²) < 4.78 is 4.95. The fourth-order valence-electron chi connectivity index (χ4n) is 1.92. The maximum absolute atomic E-state index is 11.9. The van der Waals surface area contributed by atoms with Crippen LogP contribution in [-0.4, -0.2) is 24.6 Å². The van der Waals surface area contributed by atoms with Gasteiger partial charge in [0.1, 0.15) is 0 Å². The van der Waals surface area contributed by atoms with Crippen molar-refractivity contribution in [2.45, 2.75) is 17.9 Å². The molecule has 0 fully saturated rings. The molecule has 2 N–H and O–H groups in total. The minimum absolute atomic E-state index is 0.0905. The van der Waals surface area contributed by atoms with Gasteiger partial charge in [-0.15, -0.1) is 11.8 Å². The Balaban J connectivity index is 1.81. The quantitative estimate of drug-likeness (QED) is 0.803. The van der Waals surface area contributed by atoms with Crippen molar-refractivity contribution in [2.75, 3.05) is 12.8 Å². The van der Waals surface area contributed by atoms with Gasteiger partial charge in [0.2, 0.25) is 5.91 Å². The fraction of sp³-hybridized carbons (Fsp3) is 0.250. The van der Waals surface area contributed by atoms with E-state index in [0.29, 0.717) is 0 Å². The van der Waals surface area contributed by atoms with Gasteiger partial charge in [-0.2, -0.15) is 0 Å². The Hall–Kier alpha value is -2.21. The number of amides is 2.